The Labute approximate surface area is 326 Å². The summed E-state index contributed by atoms with van der Waals surface area (Å²) in [4.78, 5) is 66.9. The summed E-state index contributed by atoms with van der Waals surface area (Å²) >= 11 is 0. The Morgan fingerprint density at radius 3 is 2.00 bits per heavy atom. The van der Waals surface area contributed by atoms with E-state index in [1.54, 1.807) is 27.7 Å². The third-order valence-electron chi connectivity index (χ3n) is 8.66. The lowest BCUT2D eigenvalue weighted by molar-refractivity contribution is -0.154. The molecule has 2 heterocycles. The number of nitrogens with zero attached hydrogens (tertiary/aromatic N) is 2. The minimum absolute atomic E-state index is 0.0106. The Kier molecular flexibility index (Phi) is 14.2. The van der Waals surface area contributed by atoms with Gasteiger partial charge < -0.3 is 43.8 Å². The smallest absolute Gasteiger partial charge is 0.412 e. The van der Waals surface area contributed by atoms with Crippen LogP contribution in [0.3, 0.4) is 0 Å². The van der Waals surface area contributed by atoms with Crippen LogP contribution in [0.2, 0.25) is 0 Å². The van der Waals surface area contributed by atoms with Crippen molar-refractivity contribution in [2.75, 3.05) is 58.2 Å². The second kappa shape index (κ2) is 18.6. The maximum absolute atomic E-state index is 14.0. The van der Waals surface area contributed by atoms with Gasteiger partial charge in [0.15, 0.2) is 29.2 Å². The molecule has 2 aliphatic heterocycles. The molecule has 3 N–H and O–H groups in total. The molecule has 0 aromatic heterocycles. The maximum Gasteiger partial charge on any atom is 0.412 e. The lowest BCUT2D eigenvalue weighted by Crippen LogP contribution is -2.39. The maximum atomic E-state index is 14.0. The van der Waals surface area contributed by atoms with Crippen LogP contribution in [0.4, 0.5) is 16.2 Å². The monoisotopic (exact) mass is 780 g/mol. The van der Waals surface area contributed by atoms with E-state index in [2.05, 4.69) is 18.5 Å². The summed E-state index contributed by atoms with van der Waals surface area (Å²) in [5, 5.41) is 2.67. The zero-order chi connectivity index (χ0) is 41.3. The van der Waals surface area contributed by atoms with Crippen LogP contribution in [-0.4, -0.2) is 105 Å². The number of anilines is 2. The quantitative estimate of drug-likeness (QED) is 0.0758. The highest BCUT2D eigenvalue weighted by Gasteiger charge is 2.36. The van der Waals surface area contributed by atoms with Crippen molar-refractivity contribution < 1.29 is 57.1 Å². The van der Waals surface area contributed by atoms with Gasteiger partial charge >= 0.3 is 18.0 Å². The first-order valence-electron chi connectivity index (χ1n) is 18.2. The van der Waals surface area contributed by atoms with Crippen LogP contribution in [0.25, 0.3) is 0 Å². The van der Waals surface area contributed by atoms with E-state index in [1.807, 2.05) is 0 Å². The lowest BCUT2D eigenvalue weighted by Gasteiger charge is -2.26. The Morgan fingerprint density at radius 1 is 0.839 bits per heavy atom. The van der Waals surface area contributed by atoms with Crippen LogP contribution in [0.15, 0.2) is 48.6 Å². The van der Waals surface area contributed by atoms with E-state index in [1.165, 1.54) is 55.2 Å². The molecule has 16 nitrogen and oxygen atoms in total. The predicted octanol–water partition coefficient (Wildman–Crippen LogP) is 5.50. The average Bonchev–Trinajstić information content (AvgIpc) is 3.69. The number of methoxy groups -OCH3 is 2. The number of carbonyl (C=O) groups is 5. The highest BCUT2D eigenvalue weighted by molar-refractivity contribution is 6.04. The first kappa shape index (κ1) is 42.8. The zero-order valence-electron chi connectivity index (χ0n) is 33.1. The number of likely N-dealkylation sites (tertiary alicyclic amines) is 2. The molecule has 3 amide bonds. The summed E-state index contributed by atoms with van der Waals surface area (Å²) in [6.45, 7) is 16.8. The molecule has 0 aliphatic carbocycles. The zero-order valence-corrected chi connectivity index (χ0v) is 33.1. The molecule has 0 spiro atoms. The molecule has 2 aliphatic rings. The molecule has 16 heteroatoms. The van der Waals surface area contributed by atoms with Gasteiger partial charge in [-0.05, 0) is 39.3 Å². The molecule has 0 bridgehead atoms. The summed E-state index contributed by atoms with van der Waals surface area (Å²) in [5.41, 5.74) is 7.54. The fraction of sp³-hybridized carbons (Fsp3) is 0.475. The molecule has 2 aromatic rings. The number of nitrogens with two attached hydrogens (primary N) is 1. The standard InChI is InChI=1S/C40H52N4O12/c1-10-36(46)55-35-15-24(3)21-44(35)37(47)27-16-31(50-8)33(18-29(27)41)52-12-11-13-53-34-19-30(42-39(49)56-40(5,6)7)28(17-32(34)51-9)38(48)43-20-23(2)14-26(43)22-54-25(4)45/h16-19,26,35H,2-3,10-15,20-22,41H2,1,4-9H3,(H,42,49). The molecule has 56 heavy (non-hydrogen) atoms. The number of benzene rings is 2. The highest BCUT2D eigenvalue weighted by atomic mass is 16.6. The van der Waals surface area contributed by atoms with Gasteiger partial charge in [0.25, 0.3) is 11.8 Å². The van der Waals surface area contributed by atoms with Crippen molar-refractivity contribution in [1.82, 2.24) is 9.80 Å². The number of carbonyl (C=O) groups excluding carboxylic acids is 5. The molecule has 2 fully saturated rings. The number of ether oxygens (including phenoxy) is 7. The number of rotatable bonds is 15. The van der Waals surface area contributed by atoms with E-state index < -0.39 is 47.7 Å². The fourth-order valence-corrected chi connectivity index (χ4v) is 6.08. The molecule has 4 rings (SSSR count). The molecule has 304 valence electrons. The number of hydrogen-bond acceptors (Lipinski definition) is 13. The largest absolute Gasteiger partial charge is 0.493 e. The predicted molar refractivity (Wildman–Crippen MR) is 206 cm³/mol. The third kappa shape index (κ3) is 11.1. The van der Waals surface area contributed by atoms with E-state index in [4.69, 9.17) is 38.9 Å². The number of nitrogen functional groups attached to an aromatic ring is 1. The van der Waals surface area contributed by atoms with Gasteiger partial charge in [-0.25, -0.2) is 4.79 Å². The average molecular weight is 781 g/mol. The molecular formula is C40H52N4O12. The Morgan fingerprint density at radius 2 is 1.41 bits per heavy atom. The minimum atomic E-state index is -0.817. The molecule has 0 saturated carbocycles. The van der Waals surface area contributed by atoms with Gasteiger partial charge in [-0.3, -0.25) is 29.4 Å². The number of esters is 2. The van der Waals surface area contributed by atoms with Gasteiger partial charge in [-0.2, -0.15) is 0 Å². The molecule has 2 unspecified atom stereocenters. The summed E-state index contributed by atoms with van der Waals surface area (Å²) < 4.78 is 39.3. The third-order valence-corrected chi connectivity index (χ3v) is 8.66. The first-order chi connectivity index (χ1) is 26.4. The number of nitrogens with one attached hydrogen (secondary N) is 1. The van der Waals surface area contributed by atoms with E-state index in [0.29, 0.717) is 25.0 Å². The molecule has 2 atom stereocenters. The van der Waals surface area contributed by atoms with Crippen LogP contribution in [-0.2, 0) is 23.8 Å². The molecule has 2 aromatic carbocycles. The Balaban J connectivity index is 1.48. The molecule has 0 radical (unpaired) electrons. The van der Waals surface area contributed by atoms with Crippen molar-refractivity contribution in [2.24, 2.45) is 0 Å². The molecular weight excluding hydrogens is 728 g/mol. The van der Waals surface area contributed by atoms with E-state index in [-0.39, 0.29) is 79.1 Å². The van der Waals surface area contributed by atoms with Crippen molar-refractivity contribution in [1.29, 1.82) is 0 Å². The van der Waals surface area contributed by atoms with E-state index in [0.717, 1.165) is 11.1 Å². The van der Waals surface area contributed by atoms with Gasteiger partial charge in [0.05, 0.1) is 50.3 Å². The van der Waals surface area contributed by atoms with Crippen molar-refractivity contribution >= 4 is 41.2 Å². The summed E-state index contributed by atoms with van der Waals surface area (Å²) in [6, 6.07) is 5.47. The van der Waals surface area contributed by atoms with Crippen LogP contribution in [0.1, 0.15) is 81.0 Å². The highest BCUT2D eigenvalue weighted by Crippen LogP contribution is 2.37. The second-order valence-electron chi connectivity index (χ2n) is 14.3. The van der Waals surface area contributed by atoms with Gasteiger partial charge in [0.2, 0.25) is 0 Å². The summed E-state index contributed by atoms with van der Waals surface area (Å²) in [5.74, 6) is -0.778. The van der Waals surface area contributed by atoms with E-state index in [9.17, 15) is 24.0 Å². The van der Waals surface area contributed by atoms with Crippen LogP contribution in [0, 0.1) is 0 Å². The lowest BCUT2D eigenvalue weighted by atomic mass is 10.1. The van der Waals surface area contributed by atoms with Gasteiger partial charge in [-0.1, -0.05) is 31.2 Å². The van der Waals surface area contributed by atoms with Crippen molar-refractivity contribution in [2.45, 2.75) is 78.2 Å². The second-order valence-corrected chi connectivity index (χ2v) is 14.3. The minimum Gasteiger partial charge on any atom is -0.493 e. The Bertz CT molecular complexity index is 1850. The van der Waals surface area contributed by atoms with Crippen molar-refractivity contribution in [3.05, 3.63) is 59.7 Å². The SMILES string of the molecule is C=C1CC(COC(C)=O)N(C(=O)c2cc(OC)c(OCCCOc3cc(N)c(C(=O)N4CC(=C)CC4OC(=O)CC)cc3OC)cc2NC(=O)OC(C)(C)C)C1. The summed E-state index contributed by atoms with van der Waals surface area (Å²) in [6.07, 6.45) is -0.256. The topological polar surface area (TPSA) is 194 Å². The van der Waals surface area contributed by atoms with Crippen LogP contribution < -0.4 is 30.0 Å². The van der Waals surface area contributed by atoms with Gasteiger partial charge in [0.1, 0.15) is 12.2 Å². The number of amides is 3. The van der Waals surface area contributed by atoms with Crippen molar-refractivity contribution in [3.63, 3.8) is 0 Å². The Hall–Kier alpha value is -5.93. The van der Waals surface area contributed by atoms with Gasteiger partial charge in [-0.15, -0.1) is 0 Å². The van der Waals surface area contributed by atoms with Crippen molar-refractivity contribution in [3.8, 4) is 23.0 Å². The van der Waals surface area contributed by atoms with Crippen LogP contribution in [0.5, 0.6) is 23.0 Å². The summed E-state index contributed by atoms with van der Waals surface area (Å²) in [7, 11) is 2.85. The normalized spacial score (nSPS) is 16.6. The molecule has 2 saturated heterocycles. The fourth-order valence-electron chi connectivity index (χ4n) is 6.08. The van der Waals surface area contributed by atoms with Crippen LogP contribution >= 0.6 is 0 Å². The van der Waals surface area contributed by atoms with Gasteiger partial charge in [0, 0.05) is 57.1 Å². The number of hydrogen-bond donors (Lipinski definition) is 2. The first-order valence-corrected chi connectivity index (χ1v) is 18.2. The van der Waals surface area contributed by atoms with E-state index >= 15 is 0 Å².